The summed E-state index contributed by atoms with van der Waals surface area (Å²) in [6.45, 7) is -2.80. The fraction of sp³-hybridized carbons (Fsp3) is 0.565. The van der Waals surface area contributed by atoms with Crippen LogP contribution in [-0.2, 0) is 41.4 Å². The number of anilines is 1. The molecule has 2 saturated heterocycles. The first-order chi connectivity index (χ1) is 23.9. The van der Waals surface area contributed by atoms with Crippen LogP contribution < -0.4 is 17.0 Å². The predicted molar refractivity (Wildman–Crippen MR) is 154 cm³/mol. The first-order valence-corrected chi connectivity index (χ1v) is 17.2. The van der Waals surface area contributed by atoms with Crippen molar-refractivity contribution in [3.8, 4) is 6.07 Å². The fourth-order valence-electron chi connectivity index (χ4n) is 5.02. The number of nitrogens with one attached hydrogen (secondary N) is 1. The highest BCUT2D eigenvalue weighted by Crippen LogP contribution is 2.52. The van der Waals surface area contributed by atoms with Gasteiger partial charge in [-0.2, -0.15) is 5.26 Å². The Morgan fingerprint density at radius 1 is 0.980 bits per heavy atom. The Kier molecular flexibility index (Phi) is 11.4. The second kappa shape index (κ2) is 15.1. The second-order valence-corrected chi connectivity index (χ2v) is 13.4. The van der Waals surface area contributed by atoms with E-state index in [0.29, 0.717) is 4.57 Å². The molecule has 3 aromatic heterocycles. The van der Waals surface area contributed by atoms with E-state index in [4.69, 9.17) is 34.0 Å². The number of imidazole rings is 1. The Morgan fingerprint density at radius 3 is 2.35 bits per heavy atom. The number of phosphoric ester groups is 2. The van der Waals surface area contributed by atoms with Crippen molar-refractivity contribution in [1.29, 1.82) is 5.26 Å². The largest absolute Gasteiger partial charge is 0.523 e. The molecule has 0 aliphatic carbocycles. The quantitative estimate of drug-likeness (QED) is 0.0839. The van der Waals surface area contributed by atoms with E-state index < -0.39 is 102 Å². The molecule has 23 nitrogen and oxygen atoms in total. The van der Waals surface area contributed by atoms with E-state index in [1.54, 1.807) is 6.07 Å². The normalized spacial score (nSPS) is 29.1. The minimum atomic E-state index is -5.57. The standard InChI is InChI=1S/C23H27F3N8O15P2/c24-23(25,26)48-17-16(49-51(41,42)45-6-10-14(36)15(37)20(46-10)33-4-2-12(35)32-22(33)38)11(7-44-50(39,40)43-5-1-3-27)47-21(17)34-9-31-13-18(28)29-8-30-19(13)34/h2,4,8-11,14-17,20-21,36-37H,1,5-7H2,(H,39,40)(H,41,42)(H2,28,29,30)(H,32,35,38)/t10-,11-,14?,15?,16?,17?,20-,21-/m1/s1. The molecular weight excluding hydrogens is 747 g/mol. The van der Waals surface area contributed by atoms with Gasteiger partial charge in [-0.15, -0.1) is 13.2 Å². The number of aliphatic hydroxyl groups excluding tert-OH is 2. The number of phosphoric acid groups is 2. The Balaban J connectivity index is 1.40. The number of aromatic amines is 1. The molecular formula is C23H27F3N8O15P2. The highest BCUT2D eigenvalue weighted by atomic mass is 31.2. The van der Waals surface area contributed by atoms with Crippen LogP contribution in [0.5, 0.6) is 0 Å². The molecule has 0 bridgehead atoms. The molecule has 280 valence electrons. The number of H-pyrrole nitrogens is 1. The maximum absolute atomic E-state index is 13.8. The van der Waals surface area contributed by atoms with Gasteiger partial charge in [0.05, 0.1) is 38.6 Å². The molecule has 28 heteroatoms. The van der Waals surface area contributed by atoms with E-state index in [1.807, 2.05) is 4.98 Å². The third-order valence-corrected chi connectivity index (χ3v) is 9.18. The zero-order valence-electron chi connectivity index (χ0n) is 25.3. The Bertz CT molecular complexity index is 1970. The molecule has 3 aromatic rings. The van der Waals surface area contributed by atoms with Crippen LogP contribution in [0.2, 0.25) is 0 Å². The molecule has 0 aromatic carbocycles. The summed E-state index contributed by atoms with van der Waals surface area (Å²) in [6, 6.07) is 2.55. The summed E-state index contributed by atoms with van der Waals surface area (Å²) >= 11 is 0. The zero-order valence-corrected chi connectivity index (χ0v) is 27.1. The summed E-state index contributed by atoms with van der Waals surface area (Å²) < 4.78 is 103. The third-order valence-electron chi connectivity index (χ3n) is 7.21. The third kappa shape index (κ3) is 9.04. The average molecular weight is 774 g/mol. The van der Waals surface area contributed by atoms with Gasteiger partial charge in [-0.25, -0.2) is 28.9 Å². The van der Waals surface area contributed by atoms with E-state index in [0.717, 1.165) is 29.5 Å². The van der Waals surface area contributed by atoms with Gasteiger partial charge in [0.15, 0.2) is 23.9 Å². The summed E-state index contributed by atoms with van der Waals surface area (Å²) in [6.07, 6.45) is -18.7. The average Bonchev–Trinajstić information content (AvgIpc) is 3.69. The van der Waals surface area contributed by atoms with Gasteiger partial charge >= 0.3 is 27.7 Å². The highest BCUT2D eigenvalue weighted by molar-refractivity contribution is 7.47. The number of hydrogen-bond acceptors (Lipinski definition) is 18. The van der Waals surface area contributed by atoms with E-state index in [9.17, 15) is 51.9 Å². The van der Waals surface area contributed by atoms with Gasteiger partial charge in [0, 0.05) is 12.3 Å². The monoisotopic (exact) mass is 774 g/mol. The summed E-state index contributed by atoms with van der Waals surface area (Å²) in [7, 11) is -10.6. The minimum Gasteiger partial charge on any atom is -0.387 e. The molecule has 2 aliphatic heterocycles. The summed E-state index contributed by atoms with van der Waals surface area (Å²) in [5.74, 6) is -0.184. The number of alkyl halides is 3. The van der Waals surface area contributed by atoms with Crippen LogP contribution in [0.4, 0.5) is 19.0 Å². The van der Waals surface area contributed by atoms with Gasteiger partial charge in [0.1, 0.15) is 48.5 Å². The zero-order chi connectivity index (χ0) is 37.3. The lowest BCUT2D eigenvalue weighted by molar-refractivity contribution is -0.355. The van der Waals surface area contributed by atoms with Gasteiger partial charge in [-0.1, -0.05) is 0 Å². The maximum Gasteiger partial charge on any atom is 0.523 e. The number of nitrogen functional groups attached to an aromatic ring is 1. The Hall–Kier alpha value is -3.67. The van der Waals surface area contributed by atoms with E-state index in [2.05, 4.69) is 24.2 Å². The summed E-state index contributed by atoms with van der Waals surface area (Å²) in [5, 5.41) is 29.5. The van der Waals surface area contributed by atoms with Crippen LogP contribution in [-0.4, -0.2) is 112 Å². The van der Waals surface area contributed by atoms with Crippen molar-refractivity contribution in [1.82, 2.24) is 29.1 Å². The number of aliphatic hydroxyl groups is 2. The Labute approximate surface area is 281 Å². The van der Waals surface area contributed by atoms with Crippen LogP contribution in [0.25, 0.3) is 11.2 Å². The molecule has 2 aliphatic rings. The number of nitrogens with two attached hydrogens (primary N) is 1. The van der Waals surface area contributed by atoms with Crippen LogP contribution >= 0.6 is 15.6 Å². The number of ether oxygens (including phenoxy) is 3. The summed E-state index contributed by atoms with van der Waals surface area (Å²) in [5.41, 5.74) is 3.65. The second-order valence-electron chi connectivity index (χ2n) is 10.6. The van der Waals surface area contributed by atoms with Gasteiger partial charge in [-0.05, 0) is 0 Å². The molecule has 6 unspecified atom stereocenters. The molecule has 10 atom stereocenters. The molecule has 2 fully saturated rings. The molecule has 5 heterocycles. The predicted octanol–water partition coefficient (Wildman–Crippen LogP) is -1.07. The number of aromatic nitrogens is 6. The number of nitriles is 1. The van der Waals surface area contributed by atoms with Crippen molar-refractivity contribution >= 4 is 32.6 Å². The summed E-state index contributed by atoms with van der Waals surface area (Å²) in [4.78, 5) is 57.7. The lowest BCUT2D eigenvalue weighted by atomic mass is 10.1. The van der Waals surface area contributed by atoms with Crippen molar-refractivity contribution in [2.45, 2.75) is 61.9 Å². The van der Waals surface area contributed by atoms with Crippen molar-refractivity contribution in [2.24, 2.45) is 0 Å². The van der Waals surface area contributed by atoms with Gasteiger partial charge in [-0.3, -0.25) is 41.7 Å². The Morgan fingerprint density at radius 2 is 1.67 bits per heavy atom. The lowest BCUT2D eigenvalue weighted by Crippen LogP contribution is -2.41. The smallest absolute Gasteiger partial charge is 0.387 e. The van der Waals surface area contributed by atoms with Crippen LogP contribution in [0.1, 0.15) is 18.9 Å². The van der Waals surface area contributed by atoms with Crippen LogP contribution in [0.3, 0.4) is 0 Å². The van der Waals surface area contributed by atoms with Gasteiger partial charge in [0.25, 0.3) is 5.56 Å². The van der Waals surface area contributed by atoms with E-state index in [1.165, 1.54) is 0 Å². The maximum atomic E-state index is 13.8. The molecule has 0 spiro atoms. The number of hydrogen-bond donors (Lipinski definition) is 6. The van der Waals surface area contributed by atoms with Crippen molar-refractivity contribution in [3.05, 3.63) is 45.8 Å². The molecule has 0 radical (unpaired) electrons. The van der Waals surface area contributed by atoms with Crippen LogP contribution in [0, 0.1) is 11.3 Å². The van der Waals surface area contributed by atoms with E-state index in [-0.39, 0.29) is 23.4 Å². The molecule has 0 saturated carbocycles. The molecule has 51 heavy (non-hydrogen) atoms. The topological polar surface area (TPSA) is 328 Å². The number of fused-ring (bicyclic) bond motifs is 1. The minimum absolute atomic E-state index is 0.0920. The molecule has 7 N–H and O–H groups in total. The van der Waals surface area contributed by atoms with E-state index >= 15 is 0 Å². The van der Waals surface area contributed by atoms with Crippen LogP contribution in [0.15, 0.2) is 34.5 Å². The van der Waals surface area contributed by atoms with Crippen molar-refractivity contribution < 1.29 is 74.6 Å². The first kappa shape index (κ1) is 38.6. The van der Waals surface area contributed by atoms with Gasteiger partial charge < -0.3 is 35.2 Å². The highest BCUT2D eigenvalue weighted by Gasteiger charge is 2.55. The number of rotatable bonds is 14. The lowest BCUT2D eigenvalue weighted by Gasteiger charge is -2.27. The van der Waals surface area contributed by atoms with Crippen molar-refractivity contribution in [3.63, 3.8) is 0 Å². The van der Waals surface area contributed by atoms with Gasteiger partial charge in [0.2, 0.25) is 0 Å². The number of halogens is 3. The fourth-order valence-corrected chi connectivity index (χ4v) is 6.71. The SMILES string of the molecule is N#CCCOP(=O)(O)OC[C@H]1O[C@@H](n2cnc3c(N)ncnc32)C(OC(F)(F)F)C1OP(=O)(O)OC[C@H]1O[C@@H](n2ccc(=O)[nH]c2=O)C(O)C1O. The first-order valence-electron chi connectivity index (χ1n) is 14.2. The molecule has 5 rings (SSSR count). The van der Waals surface area contributed by atoms with Crippen molar-refractivity contribution in [2.75, 3.05) is 25.6 Å². The molecule has 0 amide bonds. The number of nitrogens with zero attached hydrogens (tertiary/aromatic N) is 6.